The molecule has 1 amide bonds. The van der Waals surface area contributed by atoms with Gasteiger partial charge in [0.05, 0.1) is 18.3 Å². The Labute approximate surface area is 126 Å². The first-order chi connectivity index (χ1) is 10.3. The quantitative estimate of drug-likeness (QED) is 0.876. The van der Waals surface area contributed by atoms with Gasteiger partial charge >= 0.3 is 0 Å². The number of anilines is 1. The topological polar surface area (TPSA) is 50.4 Å². The Morgan fingerprint density at radius 1 is 1.38 bits per heavy atom. The van der Waals surface area contributed by atoms with E-state index >= 15 is 0 Å². The van der Waals surface area contributed by atoms with Gasteiger partial charge in [-0.15, -0.1) is 0 Å². The van der Waals surface area contributed by atoms with Gasteiger partial charge in [0.1, 0.15) is 5.75 Å². The Bertz CT molecular complexity index is 503. The van der Waals surface area contributed by atoms with Gasteiger partial charge in [-0.25, -0.2) is 0 Å². The number of carbonyl (C=O) groups excluding carboxylic acids is 1. The minimum absolute atomic E-state index is 0.0447. The Balaban J connectivity index is 1.67. The summed E-state index contributed by atoms with van der Waals surface area (Å²) in [7, 11) is 0. The van der Waals surface area contributed by atoms with E-state index in [1.54, 1.807) is 0 Å². The molecule has 1 heterocycles. The minimum Gasteiger partial charge on any atom is -0.491 e. The first-order valence-electron chi connectivity index (χ1n) is 8.05. The van der Waals surface area contributed by atoms with E-state index in [4.69, 9.17) is 4.74 Å². The van der Waals surface area contributed by atoms with Crippen molar-refractivity contribution in [1.82, 2.24) is 5.32 Å². The fraction of sp³-hybridized carbons (Fsp3) is 0.588. The summed E-state index contributed by atoms with van der Waals surface area (Å²) in [4.78, 5) is 12.6. The van der Waals surface area contributed by atoms with Crippen LogP contribution in [0.1, 0.15) is 32.6 Å². The van der Waals surface area contributed by atoms with E-state index in [2.05, 4.69) is 17.6 Å². The van der Waals surface area contributed by atoms with Crippen molar-refractivity contribution in [1.29, 1.82) is 0 Å². The summed E-state index contributed by atoms with van der Waals surface area (Å²) in [5.41, 5.74) is 0.777. The fourth-order valence-corrected chi connectivity index (χ4v) is 3.59. The van der Waals surface area contributed by atoms with Crippen molar-refractivity contribution in [2.45, 2.75) is 38.6 Å². The highest BCUT2D eigenvalue weighted by atomic mass is 16.5. The number of carbonyl (C=O) groups is 1. The van der Waals surface area contributed by atoms with Crippen molar-refractivity contribution in [3.8, 4) is 5.75 Å². The van der Waals surface area contributed by atoms with Gasteiger partial charge in [-0.1, -0.05) is 25.5 Å². The molecular weight excluding hydrogens is 264 g/mol. The summed E-state index contributed by atoms with van der Waals surface area (Å²) in [5, 5.41) is 6.44. The molecular formula is C17H24N2O2. The van der Waals surface area contributed by atoms with E-state index in [1.165, 1.54) is 19.3 Å². The minimum atomic E-state index is -0.0447. The van der Waals surface area contributed by atoms with Gasteiger partial charge in [0.2, 0.25) is 5.91 Å². The van der Waals surface area contributed by atoms with Gasteiger partial charge in [0.15, 0.2) is 0 Å². The standard InChI is InChI=1S/C17H24N2O2/c1-2-10-21-15-9-4-3-8-14(15)19-17(20)16-13-7-5-6-12(13)11-18-16/h3-4,8-9,12-13,16,18H,2,5-7,10-11H2,1H3,(H,19,20). The van der Waals surface area contributed by atoms with Gasteiger partial charge in [-0.2, -0.15) is 0 Å². The lowest BCUT2D eigenvalue weighted by molar-refractivity contribution is -0.118. The molecule has 0 aromatic heterocycles. The molecule has 0 bridgehead atoms. The summed E-state index contributed by atoms with van der Waals surface area (Å²) in [6.07, 6.45) is 4.65. The highest BCUT2D eigenvalue weighted by Crippen LogP contribution is 2.38. The Kier molecular flexibility index (Phi) is 4.44. The third-order valence-corrected chi connectivity index (χ3v) is 4.64. The highest BCUT2D eigenvalue weighted by molar-refractivity contribution is 5.96. The first-order valence-corrected chi connectivity index (χ1v) is 8.05. The van der Waals surface area contributed by atoms with E-state index in [1.807, 2.05) is 24.3 Å². The second-order valence-electron chi connectivity index (χ2n) is 6.07. The number of hydrogen-bond donors (Lipinski definition) is 2. The molecule has 21 heavy (non-hydrogen) atoms. The van der Waals surface area contributed by atoms with Crippen LogP contribution >= 0.6 is 0 Å². The van der Waals surface area contributed by atoms with Crippen LogP contribution in [0.5, 0.6) is 5.75 Å². The van der Waals surface area contributed by atoms with Gasteiger partial charge in [0, 0.05) is 0 Å². The molecule has 3 rings (SSSR count). The molecule has 1 saturated carbocycles. The summed E-state index contributed by atoms with van der Waals surface area (Å²) < 4.78 is 5.70. The van der Waals surface area contributed by atoms with Gasteiger partial charge in [-0.05, 0) is 49.8 Å². The largest absolute Gasteiger partial charge is 0.491 e. The van der Waals surface area contributed by atoms with Crippen molar-refractivity contribution in [3.05, 3.63) is 24.3 Å². The molecule has 1 aromatic rings. The van der Waals surface area contributed by atoms with Crippen LogP contribution in [0.25, 0.3) is 0 Å². The van der Waals surface area contributed by atoms with Crippen LogP contribution in [-0.2, 0) is 4.79 Å². The molecule has 1 aliphatic heterocycles. The average molecular weight is 288 g/mol. The van der Waals surface area contributed by atoms with E-state index < -0.39 is 0 Å². The van der Waals surface area contributed by atoms with E-state index in [0.29, 0.717) is 18.4 Å². The molecule has 0 spiro atoms. The van der Waals surface area contributed by atoms with Crippen molar-refractivity contribution in [3.63, 3.8) is 0 Å². The second kappa shape index (κ2) is 6.48. The van der Waals surface area contributed by atoms with Crippen molar-refractivity contribution in [2.24, 2.45) is 11.8 Å². The predicted octanol–water partition coefficient (Wildman–Crippen LogP) is 2.80. The number of hydrogen-bond acceptors (Lipinski definition) is 3. The lowest BCUT2D eigenvalue weighted by atomic mass is 9.93. The molecule has 1 aliphatic carbocycles. The zero-order chi connectivity index (χ0) is 14.7. The lowest BCUT2D eigenvalue weighted by Crippen LogP contribution is -2.39. The van der Waals surface area contributed by atoms with Crippen molar-refractivity contribution in [2.75, 3.05) is 18.5 Å². The number of rotatable bonds is 5. The molecule has 2 fully saturated rings. The van der Waals surface area contributed by atoms with Crippen molar-refractivity contribution >= 4 is 11.6 Å². The van der Waals surface area contributed by atoms with Crippen LogP contribution in [0, 0.1) is 11.8 Å². The Morgan fingerprint density at radius 3 is 3.10 bits per heavy atom. The Morgan fingerprint density at radius 2 is 2.24 bits per heavy atom. The maximum Gasteiger partial charge on any atom is 0.241 e. The second-order valence-corrected chi connectivity index (χ2v) is 6.07. The van der Waals surface area contributed by atoms with Crippen LogP contribution in [0.2, 0.25) is 0 Å². The van der Waals surface area contributed by atoms with Gasteiger partial charge in [-0.3, -0.25) is 4.79 Å². The molecule has 0 radical (unpaired) electrons. The van der Waals surface area contributed by atoms with Crippen LogP contribution in [0.4, 0.5) is 5.69 Å². The lowest BCUT2D eigenvalue weighted by Gasteiger charge is -2.19. The molecule has 1 aromatic carbocycles. The number of fused-ring (bicyclic) bond motifs is 1. The Hall–Kier alpha value is -1.55. The normalized spacial score (nSPS) is 27.4. The molecule has 4 heteroatoms. The summed E-state index contributed by atoms with van der Waals surface area (Å²) in [5.74, 6) is 2.03. The first kappa shape index (κ1) is 14.4. The third-order valence-electron chi connectivity index (χ3n) is 4.64. The molecule has 114 valence electrons. The molecule has 4 nitrogen and oxygen atoms in total. The smallest absolute Gasteiger partial charge is 0.241 e. The van der Waals surface area contributed by atoms with E-state index in [-0.39, 0.29) is 11.9 Å². The zero-order valence-electron chi connectivity index (χ0n) is 12.6. The third kappa shape index (κ3) is 3.05. The number of benzene rings is 1. The van der Waals surface area contributed by atoms with Crippen molar-refractivity contribution < 1.29 is 9.53 Å². The number of nitrogens with one attached hydrogen (secondary N) is 2. The monoisotopic (exact) mass is 288 g/mol. The summed E-state index contributed by atoms with van der Waals surface area (Å²) >= 11 is 0. The summed E-state index contributed by atoms with van der Waals surface area (Å²) in [6, 6.07) is 7.63. The van der Waals surface area contributed by atoms with Gasteiger partial charge in [0.25, 0.3) is 0 Å². The van der Waals surface area contributed by atoms with E-state index in [9.17, 15) is 4.79 Å². The van der Waals surface area contributed by atoms with Crippen LogP contribution in [0.3, 0.4) is 0 Å². The van der Waals surface area contributed by atoms with E-state index in [0.717, 1.165) is 24.4 Å². The van der Waals surface area contributed by atoms with Gasteiger partial charge < -0.3 is 15.4 Å². The number of amides is 1. The maximum atomic E-state index is 12.6. The maximum absolute atomic E-state index is 12.6. The fourth-order valence-electron chi connectivity index (χ4n) is 3.59. The molecule has 1 saturated heterocycles. The number of ether oxygens (including phenoxy) is 1. The van der Waals surface area contributed by atoms with Crippen LogP contribution < -0.4 is 15.4 Å². The average Bonchev–Trinajstić information content (AvgIpc) is 3.09. The molecule has 2 aliphatic rings. The van der Waals surface area contributed by atoms with Crippen LogP contribution in [0.15, 0.2) is 24.3 Å². The number of para-hydroxylation sites is 2. The summed E-state index contributed by atoms with van der Waals surface area (Å²) in [6.45, 7) is 3.72. The molecule has 3 unspecified atom stereocenters. The van der Waals surface area contributed by atoms with Crippen LogP contribution in [-0.4, -0.2) is 25.1 Å². The zero-order valence-corrected chi connectivity index (χ0v) is 12.6. The SMILES string of the molecule is CCCOc1ccccc1NC(=O)C1NCC2CCCC21. The highest BCUT2D eigenvalue weighted by Gasteiger charge is 2.42. The molecule has 3 atom stereocenters. The molecule has 2 N–H and O–H groups in total. The predicted molar refractivity (Wildman–Crippen MR) is 83.5 cm³/mol.